The fraction of sp³-hybridized carbons (Fsp3) is 0.889. The zero-order valence-corrected chi connectivity index (χ0v) is 8.12. The van der Waals surface area contributed by atoms with Gasteiger partial charge < -0.3 is 15.3 Å². The Morgan fingerprint density at radius 3 is 2.62 bits per heavy atom. The molecule has 13 heavy (non-hydrogen) atoms. The Labute approximate surface area is 78.9 Å². The number of nitrogens with one attached hydrogen (secondary N) is 1. The topological polar surface area (TPSA) is 52.6 Å². The van der Waals surface area contributed by atoms with E-state index >= 15 is 0 Å². The lowest BCUT2D eigenvalue weighted by Crippen LogP contribution is -2.45. The largest absolute Gasteiger partial charge is 0.480 e. The first-order valence-corrected chi connectivity index (χ1v) is 4.92. The van der Waals surface area contributed by atoms with Gasteiger partial charge in [0.1, 0.15) is 6.04 Å². The van der Waals surface area contributed by atoms with E-state index < -0.39 is 12.0 Å². The van der Waals surface area contributed by atoms with Crippen molar-refractivity contribution >= 4 is 5.97 Å². The van der Waals surface area contributed by atoms with Crippen molar-refractivity contribution in [3.05, 3.63) is 0 Å². The summed E-state index contributed by atoms with van der Waals surface area (Å²) in [5.41, 5.74) is 0. The molecule has 0 saturated carbocycles. The van der Waals surface area contributed by atoms with Crippen molar-refractivity contribution in [3.8, 4) is 0 Å². The van der Waals surface area contributed by atoms with E-state index in [1.165, 1.54) is 12.8 Å². The van der Waals surface area contributed by atoms with E-state index in [2.05, 4.69) is 10.2 Å². The van der Waals surface area contributed by atoms with E-state index in [0.29, 0.717) is 13.1 Å². The van der Waals surface area contributed by atoms with Crippen molar-refractivity contribution in [1.82, 2.24) is 10.2 Å². The van der Waals surface area contributed by atoms with Crippen LogP contribution in [0.2, 0.25) is 0 Å². The molecule has 0 radical (unpaired) electrons. The fourth-order valence-electron chi connectivity index (χ4n) is 1.70. The third kappa shape index (κ3) is 3.32. The molecule has 2 N–H and O–H groups in total. The third-order valence-electron chi connectivity index (χ3n) is 2.39. The summed E-state index contributed by atoms with van der Waals surface area (Å²) < 4.78 is 0. The highest BCUT2D eigenvalue weighted by Gasteiger charge is 2.21. The number of carboxylic acid groups (broad SMARTS) is 1. The van der Waals surface area contributed by atoms with E-state index in [1.54, 1.807) is 0 Å². The van der Waals surface area contributed by atoms with Crippen molar-refractivity contribution in [3.63, 3.8) is 0 Å². The Bertz CT molecular complexity index is 167. The lowest BCUT2D eigenvalue weighted by atomic mass is 10.3. The first kappa shape index (κ1) is 10.5. The molecule has 0 aliphatic carbocycles. The van der Waals surface area contributed by atoms with E-state index in [9.17, 15) is 4.79 Å². The van der Waals surface area contributed by atoms with Gasteiger partial charge in [0.15, 0.2) is 0 Å². The Morgan fingerprint density at radius 1 is 1.54 bits per heavy atom. The summed E-state index contributed by atoms with van der Waals surface area (Å²) in [5, 5.41) is 11.8. The standard InChI is InChI=1S/C9H18N2O2/c1-2-10-8(9(12)13)7-11-5-3-4-6-11/h8,10H,2-7H2,1H3,(H,12,13). The maximum absolute atomic E-state index is 10.8. The highest BCUT2D eigenvalue weighted by atomic mass is 16.4. The molecule has 1 unspecified atom stereocenters. The first-order valence-electron chi connectivity index (χ1n) is 4.92. The number of aliphatic carboxylic acids is 1. The Balaban J connectivity index is 2.32. The summed E-state index contributed by atoms with van der Waals surface area (Å²) in [5.74, 6) is -0.742. The second kappa shape index (κ2) is 5.19. The molecule has 1 fully saturated rings. The minimum atomic E-state index is -0.742. The van der Waals surface area contributed by atoms with Gasteiger partial charge in [-0.1, -0.05) is 6.92 Å². The average Bonchev–Trinajstić information content (AvgIpc) is 2.56. The summed E-state index contributed by atoms with van der Waals surface area (Å²) in [7, 11) is 0. The number of likely N-dealkylation sites (N-methyl/N-ethyl adjacent to an activating group) is 1. The van der Waals surface area contributed by atoms with Crippen LogP contribution >= 0.6 is 0 Å². The smallest absolute Gasteiger partial charge is 0.322 e. The Morgan fingerprint density at radius 2 is 2.15 bits per heavy atom. The molecule has 1 rings (SSSR count). The number of likely N-dealkylation sites (tertiary alicyclic amines) is 1. The molecule has 76 valence electrons. The molecular formula is C9H18N2O2. The zero-order chi connectivity index (χ0) is 9.68. The molecular weight excluding hydrogens is 168 g/mol. The van der Waals surface area contributed by atoms with Crippen LogP contribution in [-0.4, -0.2) is 48.2 Å². The third-order valence-corrected chi connectivity index (χ3v) is 2.39. The van der Waals surface area contributed by atoms with Gasteiger partial charge in [-0.15, -0.1) is 0 Å². The molecule has 1 atom stereocenters. The lowest BCUT2D eigenvalue weighted by molar-refractivity contribution is -0.139. The summed E-state index contributed by atoms with van der Waals surface area (Å²) in [6.45, 7) is 5.39. The first-order chi connectivity index (χ1) is 6.24. The van der Waals surface area contributed by atoms with Gasteiger partial charge in [0.25, 0.3) is 0 Å². The van der Waals surface area contributed by atoms with E-state index in [-0.39, 0.29) is 0 Å². The molecule has 0 bridgehead atoms. The highest BCUT2D eigenvalue weighted by molar-refractivity contribution is 5.73. The van der Waals surface area contributed by atoms with Crippen molar-refractivity contribution in [2.24, 2.45) is 0 Å². The van der Waals surface area contributed by atoms with Crippen LogP contribution in [0.1, 0.15) is 19.8 Å². The molecule has 0 aromatic carbocycles. The molecule has 4 nitrogen and oxygen atoms in total. The van der Waals surface area contributed by atoms with Crippen LogP contribution in [0.3, 0.4) is 0 Å². The molecule has 0 aromatic heterocycles. The summed E-state index contributed by atoms with van der Waals surface area (Å²) in [6.07, 6.45) is 2.41. The van der Waals surface area contributed by atoms with Crippen LogP contribution in [-0.2, 0) is 4.79 Å². The quantitative estimate of drug-likeness (QED) is 0.641. The Hall–Kier alpha value is -0.610. The summed E-state index contributed by atoms with van der Waals surface area (Å²) in [6, 6.07) is -0.400. The predicted octanol–water partition coefficient (Wildman–Crippen LogP) is 0.145. The van der Waals surface area contributed by atoms with Gasteiger partial charge in [0.05, 0.1) is 0 Å². The van der Waals surface area contributed by atoms with Crippen molar-refractivity contribution in [1.29, 1.82) is 0 Å². The van der Waals surface area contributed by atoms with Gasteiger partial charge in [-0.05, 0) is 32.5 Å². The van der Waals surface area contributed by atoms with Crippen LogP contribution in [0.25, 0.3) is 0 Å². The minimum absolute atomic E-state index is 0.400. The number of rotatable bonds is 5. The second-order valence-electron chi connectivity index (χ2n) is 3.46. The molecule has 1 aliphatic rings. The average molecular weight is 186 g/mol. The zero-order valence-electron chi connectivity index (χ0n) is 8.12. The van der Waals surface area contributed by atoms with E-state index in [1.807, 2.05) is 6.92 Å². The maximum Gasteiger partial charge on any atom is 0.322 e. The molecule has 0 amide bonds. The van der Waals surface area contributed by atoms with Crippen LogP contribution in [0.5, 0.6) is 0 Å². The second-order valence-corrected chi connectivity index (χ2v) is 3.46. The number of carboxylic acids is 1. The van der Waals surface area contributed by atoms with Gasteiger partial charge in [0.2, 0.25) is 0 Å². The minimum Gasteiger partial charge on any atom is -0.480 e. The van der Waals surface area contributed by atoms with Gasteiger partial charge in [-0.25, -0.2) is 0 Å². The van der Waals surface area contributed by atoms with Gasteiger partial charge in [-0.2, -0.15) is 0 Å². The fourth-order valence-corrected chi connectivity index (χ4v) is 1.70. The summed E-state index contributed by atoms with van der Waals surface area (Å²) in [4.78, 5) is 13.0. The molecule has 1 aliphatic heterocycles. The molecule has 0 aromatic rings. The number of hydrogen-bond acceptors (Lipinski definition) is 3. The van der Waals surface area contributed by atoms with Crippen LogP contribution in [0.15, 0.2) is 0 Å². The molecule has 1 heterocycles. The number of carbonyl (C=O) groups is 1. The van der Waals surface area contributed by atoms with E-state index in [4.69, 9.17) is 5.11 Å². The van der Waals surface area contributed by atoms with Crippen LogP contribution in [0.4, 0.5) is 0 Å². The number of nitrogens with zero attached hydrogens (tertiary/aromatic N) is 1. The van der Waals surface area contributed by atoms with Gasteiger partial charge >= 0.3 is 5.97 Å². The SMILES string of the molecule is CCNC(CN1CCCC1)C(=O)O. The summed E-state index contributed by atoms with van der Waals surface area (Å²) >= 11 is 0. The van der Waals surface area contributed by atoms with Crippen LogP contribution in [0, 0.1) is 0 Å². The van der Waals surface area contributed by atoms with Crippen molar-refractivity contribution in [2.45, 2.75) is 25.8 Å². The van der Waals surface area contributed by atoms with Gasteiger partial charge in [0, 0.05) is 6.54 Å². The van der Waals surface area contributed by atoms with Crippen molar-refractivity contribution < 1.29 is 9.90 Å². The number of hydrogen-bond donors (Lipinski definition) is 2. The van der Waals surface area contributed by atoms with Crippen molar-refractivity contribution in [2.75, 3.05) is 26.2 Å². The van der Waals surface area contributed by atoms with Gasteiger partial charge in [-0.3, -0.25) is 4.79 Å². The normalized spacial score (nSPS) is 20.4. The van der Waals surface area contributed by atoms with E-state index in [0.717, 1.165) is 13.1 Å². The molecule has 0 spiro atoms. The predicted molar refractivity (Wildman–Crippen MR) is 50.8 cm³/mol. The molecule has 1 saturated heterocycles. The molecule has 4 heteroatoms. The monoisotopic (exact) mass is 186 g/mol. The maximum atomic E-state index is 10.8. The van der Waals surface area contributed by atoms with Crippen LogP contribution < -0.4 is 5.32 Å². The highest BCUT2D eigenvalue weighted by Crippen LogP contribution is 2.07. The Kier molecular flexibility index (Phi) is 4.18. The lowest BCUT2D eigenvalue weighted by Gasteiger charge is -2.20.